The first kappa shape index (κ1) is 28.7. The van der Waals surface area contributed by atoms with Crippen LogP contribution in [-0.4, -0.2) is 61.9 Å². The van der Waals surface area contributed by atoms with Gasteiger partial charge in [0.2, 0.25) is 10.0 Å². The normalized spacial score (nSPS) is 15.0. The van der Waals surface area contributed by atoms with Crippen LogP contribution in [0.2, 0.25) is 0 Å². The van der Waals surface area contributed by atoms with Crippen LogP contribution in [0.1, 0.15) is 59.7 Å². The molecule has 3 aromatic rings. The molecule has 0 spiro atoms. The van der Waals surface area contributed by atoms with Gasteiger partial charge in [0.1, 0.15) is 6.54 Å². The summed E-state index contributed by atoms with van der Waals surface area (Å²) in [7, 11) is -0.826. The van der Waals surface area contributed by atoms with E-state index in [0.29, 0.717) is 15.8 Å². The topological polar surface area (TPSA) is 124 Å². The van der Waals surface area contributed by atoms with Crippen LogP contribution in [0.15, 0.2) is 52.4 Å². The second-order valence-electron chi connectivity index (χ2n) is 9.20. The first-order chi connectivity index (χ1) is 18.6. The third kappa shape index (κ3) is 6.29. The van der Waals surface area contributed by atoms with E-state index >= 15 is 0 Å². The Balaban J connectivity index is 1.65. The third-order valence-corrected chi connectivity index (χ3v) is 9.74. The van der Waals surface area contributed by atoms with Crippen molar-refractivity contribution in [3.05, 3.63) is 58.4 Å². The lowest BCUT2D eigenvalue weighted by Gasteiger charge is -2.30. The number of carbonyl (C=O) groups excluding carboxylic acids is 3. The summed E-state index contributed by atoms with van der Waals surface area (Å²) in [5, 5.41) is 0. The van der Waals surface area contributed by atoms with Crippen molar-refractivity contribution in [2.24, 2.45) is 4.99 Å². The number of fused-ring (bicyclic) bond motifs is 1. The Morgan fingerprint density at radius 2 is 1.72 bits per heavy atom. The predicted octanol–water partition coefficient (Wildman–Crippen LogP) is 3.75. The molecular weight excluding hydrogens is 542 g/mol. The zero-order chi connectivity index (χ0) is 28.2. The van der Waals surface area contributed by atoms with Crippen molar-refractivity contribution in [1.29, 1.82) is 0 Å². The summed E-state index contributed by atoms with van der Waals surface area (Å²) in [6.07, 6.45) is 4.83. The van der Waals surface area contributed by atoms with Gasteiger partial charge in [0, 0.05) is 18.7 Å². The molecule has 0 radical (unpaired) electrons. The molecule has 0 atom stereocenters. The lowest BCUT2D eigenvalue weighted by atomic mass is 9.96. The average molecular weight is 574 g/mol. The van der Waals surface area contributed by atoms with Crippen molar-refractivity contribution in [2.75, 3.05) is 20.8 Å². The number of aromatic nitrogens is 1. The number of hydrogen-bond donors (Lipinski definition) is 0. The predicted molar refractivity (Wildman–Crippen MR) is 146 cm³/mol. The van der Waals surface area contributed by atoms with Gasteiger partial charge in [-0.2, -0.15) is 9.30 Å². The fourth-order valence-corrected chi connectivity index (χ4v) is 7.06. The molecule has 39 heavy (non-hydrogen) atoms. The minimum Gasteiger partial charge on any atom is -0.468 e. The van der Waals surface area contributed by atoms with Gasteiger partial charge in [0.15, 0.2) is 4.80 Å². The molecule has 1 aliphatic carbocycles. The number of esters is 2. The van der Waals surface area contributed by atoms with Crippen molar-refractivity contribution in [3.63, 3.8) is 0 Å². The first-order valence-electron chi connectivity index (χ1n) is 12.7. The maximum absolute atomic E-state index is 13.1. The van der Waals surface area contributed by atoms with Crippen molar-refractivity contribution >= 4 is 49.4 Å². The number of benzene rings is 2. The number of rotatable bonds is 8. The van der Waals surface area contributed by atoms with Crippen molar-refractivity contribution in [1.82, 2.24) is 8.87 Å². The summed E-state index contributed by atoms with van der Waals surface area (Å²) in [4.78, 5) is 41.9. The Bertz CT molecular complexity index is 1550. The van der Waals surface area contributed by atoms with E-state index < -0.39 is 27.9 Å². The Kier molecular flexibility index (Phi) is 8.98. The Labute approximate surface area is 230 Å². The molecule has 0 unspecified atom stereocenters. The van der Waals surface area contributed by atoms with Crippen LogP contribution in [0, 0.1) is 0 Å². The minimum absolute atomic E-state index is 0.0254. The highest BCUT2D eigenvalue weighted by atomic mass is 32.2. The quantitative estimate of drug-likeness (QED) is 0.376. The van der Waals surface area contributed by atoms with Gasteiger partial charge in [-0.3, -0.25) is 9.59 Å². The highest BCUT2D eigenvalue weighted by Gasteiger charge is 2.29. The van der Waals surface area contributed by atoms with E-state index in [2.05, 4.69) is 4.99 Å². The first-order valence-corrected chi connectivity index (χ1v) is 15.0. The fraction of sp³-hybridized carbons (Fsp3) is 0.407. The minimum atomic E-state index is -3.70. The standard InChI is InChI=1S/C27H31N3O7S2/c1-4-37-26(33)19-12-15-22-23(16-19)38-27(30(22)17-24(31)36-3)28-25(32)18-10-13-21(14-11-18)39(34,35)29(2)20-8-6-5-7-9-20/h10-16,20H,4-9,17H2,1-3H3. The summed E-state index contributed by atoms with van der Waals surface area (Å²) < 4.78 is 39.7. The van der Waals surface area contributed by atoms with Crippen LogP contribution in [0.5, 0.6) is 0 Å². The van der Waals surface area contributed by atoms with Gasteiger partial charge in [-0.15, -0.1) is 0 Å². The van der Waals surface area contributed by atoms with E-state index in [0.717, 1.165) is 43.4 Å². The third-order valence-electron chi connectivity index (χ3n) is 6.77. The molecule has 0 N–H and O–H groups in total. The van der Waals surface area contributed by atoms with E-state index in [1.165, 1.54) is 40.2 Å². The fourth-order valence-electron chi connectivity index (χ4n) is 4.57. The molecule has 2 aromatic carbocycles. The second-order valence-corrected chi connectivity index (χ2v) is 12.2. The summed E-state index contributed by atoms with van der Waals surface area (Å²) >= 11 is 1.13. The summed E-state index contributed by atoms with van der Waals surface area (Å²) in [6, 6.07) is 10.5. The van der Waals surface area contributed by atoms with E-state index in [4.69, 9.17) is 9.47 Å². The maximum Gasteiger partial charge on any atom is 0.338 e. The van der Waals surface area contributed by atoms with Crippen LogP contribution in [0.25, 0.3) is 10.2 Å². The number of hydrogen-bond acceptors (Lipinski definition) is 8. The molecular formula is C27H31N3O7S2. The number of thiazole rings is 1. The average Bonchev–Trinajstić information content (AvgIpc) is 3.28. The Morgan fingerprint density at radius 3 is 2.36 bits per heavy atom. The highest BCUT2D eigenvalue weighted by Crippen LogP contribution is 2.27. The van der Waals surface area contributed by atoms with Crippen molar-refractivity contribution in [3.8, 4) is 0 Å². The number of carbonyl (C=O) groups is 3. The van der Waals surface area contributed by atoms with Crippen molar-refractivity contribution in [2.45, 2.75) is 56.5 Å². The van der Waals surface area contributed by atoms with E-state index in [-0.39, 0.29) is 34.5 Å². The van der Waals surface area contributed by atoms with E-state index in [1.807, 2.05) is 0 Å². The van der Waals surface area contributed by atoms with Crippen LogP contribution in [0.3, 0.4) is 0 Å². The molecule has 10 nitrogen and oxygen atoms in total. The largest absolute Gasteiger partial charge is 0.468 e. The van der Waals surface area contributed by atoms with Gasteiger partial charge in [-0.25, -0.2) is 13.2 Å². The van der Waals surface area contributed by atoms with Crippen LogP contribution in [-0.2, 0) is 30.8 Å². The molecule has 12 heteroatoms. The van der Waals surface area contributed by atoms with Gasteiger partial charge in [0.25, 0.3) is 5.91 Å². The number of ether oxygens (including phenoxy) is 2. The summed E-state index contributed by atoms with van der Waals surface area (Å²) in [5.74, 6) is -1.61. The number of nitrogens with zero attached hydrogens (tertiary/aromatic N) is 3. The second kappa shape index (κ2) is 12.2. The number of amides is 1. The number of methoxy groups -OCH3 is 1. The zero-order valence-corrected chi connectivity index (χ0v) is 23.7. The molecule has 1 heterocycles. The summed E-state index contributed by atoms with van der Waals surface area (Å²) in [5.41, 5.74) is 1.13. The zero-order valence-electron chi connectivity index (χ0n) is 22.1. The molecule has 1 aliphatic rings. The Morgan fingerprint density at radius 1 is 1.05 bits per heavy atom. The van der Waals surface area contributed by atoms with Crippen molar-refractivity contribution < 1.29 is 32.3 Å². The molecule has 1 amide bonds. The lowest BCUT2D eigenvalue weighted by molar-refractivity contribution is -0.141. The number of sulfonamides is 1. The SMILES string of the molecule is CCOC(=O)c1ccc2c(c1)sc(=NC(=O)c1ccc(S(=O)(=O)N(C)C3CCCCC3)cc1)n2CC(=O)OC. The molecule has 1 aromatic heterocycles. The van der Waals surface area contributed by atoms with E-state index in [1.54, 1.807) is 32.2 Å². The van der Waals surface area contributed by atoms with Crippen LogP contribution >= 0.6 is 11.3 Å². The highest BCUT2D eigenvalue weighted by molar-refractivity contribution is 7.89. The molecule has 1 fully saturated rings. The molecule has 208 valence electrons. The van der Waals surface area contributed by atoms with Gasteiger partial charge < -0.3 is 14.0 Å². The van der Waals surface area contributed by atoms with Crippen LogP contribution in [0.4, 0.5) is 0 Å². The van der Waals surface area contributed by atoms with Gasteiger partial charge in [-0.05, 0) is 62.2 Å². The lowest BCUT2D eigenvalue weighted by Crippen LogP contribution is -2.38. The van der Waals surface area contributed by atoms with Gasteiger partial charge >= 0.3 is 11.9 Å². The molecule has 4 rings (SSSR count). The molecule has 0 aliphatic heterocycles. The monoisotopic (exact) mass is 573 g/mol. The summed E-state index contributed by atoms with van der Waals surface area (Å²) in [6.45, 7) is 1.76. The van der Waals surface area contributed by atoms with Gasteiger partial charge in [0.05, 0.1) is 34.4 Å². The smallest absolute Gasteiger partial charge is 0.338 e. The van der Waals surface area contributed by atoms with Gasteiger partial charge in [-0.1, -0.05) is 30.6 Å². The molecule has 0 bridgehead atoms. The van der Waals surface area contributed by atoms with E-state index in [9.17, 15) is 22.8 Å². The van der Waals surface area contributed by atoms with Crippen LogP contribution < -0.4 is 4.80 Å². The maximum atomic E-state index is 13.1. The molecule has 0 saturated heterocycles. The molecule has 1 saturated carbocycles. The Hall–Kier alpha value is -3.35.